The molecule has 0 unspecified atom stereocenters. The van der Waals surface area contributed by atoms with Crippen molar-refractivity contribution in [1.82, 2.24) is 10.6 Å². The Labute approximate surface area is 250 Å². The van der Waals surface area contributed by atoms with Gasteiger partial charge in [0, 0.05) is 19.1 Å². The molecular weight excluding hydrogens is 500 g/mol. The van der Waals surface area contributed by atoms with E-state index in [1.54, 1.807) is 0 Å². The molecule has 2 aromatic rings. The van der Waals surface area contributed by atoms with E-state index in [-0.39, 0.29) is 11.5 Å². The average Bonchev–Trinajstić information content (AvgIpc) is 3.36. The molecule has 0 radical (unpaired) electrons. The highest BCUT2D eigenvalue weighted by Gasteiger charge is 2.63. The van der Waals surface area contributed by atoms with Gasteiger partial charge >= 0.3 is 0 Å². The summed E-state index contributed by atoms with van der Waals surface area (Å²) in [4.78, 5) is 0. The first kappa shape index (κ1) is 29.4. The van der Waals surface area contributed by atoms with Crippen LogP contribution in [0.25, 0.3) is 0 Å². The van der Waals surface area contributed by atoms with Gasteiger partial charge in [0.05, 0.1) is 6.10 Å². The molecule has 224 valence electrons. The van der Waals surface area contributed by atoms with E-state index < -0.39 is 0 Å². The van der Waals surface area contributed by atoms with Gasteiger partial charge in [0.2, 0.25) is 0 Å². The van der Waals surface area contributed by atoms with Crippen LogP contribution in [0.4, 0.5) is 0 Å². The van der Waals surface area contributed by atoms with Crippen LogP contribution in [0.5, 0.6) is 0 Å². The lowest BCUT2D eigenvalue weighted by Gasteiger charge is -2.62. The minimum Gasteiger partial charge on any atom is -0.393 e. The number of fused-ring (bicyclic) bond motifs is 5. The van der Waals surface area contributed by atoms with Crippen molar-refractivity contribution in [2.75, 3.05) is 6.54 Å². The number of benzene rings is 2. The first-order chi connectivity index (χ1) is 19.9. The van der Waals surface area contributed by atoms with Crippen LogP contribution in [0.2, 0.25) is 0 Å². The van der Waals surface area contributed by atoms with E-state index in [1.165, 1.54) is 68.9 Å². The molecule has 0 bridgehead atoms. The topological polar surface area (TPSA) is 44.3 Å². The summed E-state index contributed by atoms with van der Waals surface area (Å²) in [5.41, 5.74) is 3.28. The lowest BCUT2D eigenvalue weighted by molar-refractivity contribution is -0.169. The van der Waals surface area contributed by atoms with Crippen LogP contribution in [0, 0.1) is 46.3 Å². The number of aliphatic hydroxyl groups is 1. The van der Waals surface area contributed by atoms with Crippen molar-refractivity contribution in [3.63, 3.8) is 0 Å². The van der Waals surface area contributed by atoms with Crippen LogP contribution >= 0.6 is 0 Å². The van der Waals surface area contributed by atoms with Crippen molar-refractivity contribution in [3.8, 4) is 0 Å². The molecule has 3 heteroatoms. The molecule has 4 fully saturated rings. The molecule has 0 saturated heterocycles. The van der Waals surface area contributed by atoms with Gasteiger partial charge in [0.25, 0.3) is 0 Å². The smallest absolute Gasteiger partial charge is 0.0602 e. The van der Waals surface area contributed by atoms with Gasteiger partial charge in [-0.1, -0.05) is 81.4 Å². The summed E-state index contributed by atoms with van der Waals surface area (Å²) in [5.74, 6) is 4.41. The lowest BCUT2D eigenvalue weighted by Crippen LogP contribution is -2.59. The van der Waals surface area contributed by atoms with Gasteiger partial charge in [-0.2, -0.15) is 0 Å². The van der Waals surface area contributed by atoms with Gasteiger partial charge in [-0.15, -0.1) is 0 Å². The third-order valence-electron chi connectivity index (χ3n) is 13.2. The quantitative estimate of drug-likeness (QED) is 0.260. The third-order valence-corrected chi connectivity index (χ3v) is 13.2. The summed E-state index contributed by atoms with van der Waals surface area (Å²) in [6, 6.07) is 22.3. The van der Waals surface area contributed by atoms with Gasteiger partial charge < -0.3 is 15.7 Å². The summed E-state index contributed by atoms with van der Waals surface area (Å²) in [6.07, 6.45) is 12.8. The summed E-state index contributed by atoms with van der Waals surface area (Å²) < 4.78 is 0. The predicted molar refractivity (Wildman–Crippen MR) is 170 cm³/mol. The Morgan fingerprint density at radius 2 is 1.54 bits per heavy atom. The van der Waals surface area contributed by atoms with E-state index in [4.69, 9.17) is 0 Å². The Balaban J connectivity index is 1.04. The van der Waals surface area contributed by atoms with E-state index in [2.05, 4.69) is 92.1 Å². The Morgan fingerprint density at radius 3 is 2.27 bits per heavy atom. The van der Waals surface area contributed by atoms with Crippen molar-refractivity contribution < 1.29 is 5.11 Å². The van der Waals surface area contributed by atoms with Crippen molar-refractivity contribution >= 4 is 0 Å². The summed E-state index contributed by atoms with van der Waals surface area (Å²) in [6.45, 7) is 10.7. The monoisotopic (exact) mass is 556 g/mol. The van der Waals surface area contributed by atoms with E-state index in [1.807, 2.05) is 0 Å². The highest BCUT2D eigenvalue weighted by Crippen LogP contribution is 2.68. The van der Waals surface area contributed by atoms with Crippen LogP contribution in [-0.4, -0.2) is 23.8 Å². The Morgan fingerprint density at radius 1 is 0.829 bits per heavy atom. The molecule has 2 aromatic carbocycles. The second kappa shape index (κ2) is 12.5. The first-order valence-electron chi connectivity index (χ1n) is 17.1. The zero-order chi connectivity index (χ0) is 28.5. The molecule has 4 aliphatic rings. The van der Waals surface area contributed by atoms with E-state index in [9.17, 15) is 5.11 Å². The van der Waals surface area contributed by atoms with Crippen molar-refractivity contribution in [2.24, 2.45) is 46.3 Å². The molecule has 6 rings (SSSR count). The summed E-state index contributed by atoms with van der Waals surface area (Å²) >= 11 is 0. The minimum atomic E-state index is -0.135. The van der Waals surface area contributed by atoms with Gasteiger partial charge in [0.15, 0.2) is 0 Å². The zero-order valence-corrected chi connectivity index (χ0v) is 26.0. The Bertz CT molecular complexity index is 1110. The highest BCUT2D eigenvalue weighted by atomic mass is 16.3. The fraction of sp³-hybridized carbons (Fsp3) is 0.684. The van der Waals surface area contributed by atoms with Crippen LogP contribution in [-0.2, 0) is 13.1 Å². The molecule has 41 heavy (non-hydrogen) atoms. The minimum absolute atomic E-state index is 0.107. The average molecular weight is 557 g/mol. The van der Waals surface area contributed by atoms with Gasteiger partial charge in [0.1, 0.15) is 0 Å². The van der Waals surface area contributed by atoms with Crippen LogP contribution in [0.3, 0.4) is 0 Å². The molecular formula is C38H56N2O. The van der Waals surface area contributed by atoms with Crippen molar-refractivity contribution in [3.05, 3.63) is 71.8 Å². The molecule has 0 amide bonds. The Hall–Kier alpha value is -1.68. The zero-order valence-electron chi connectivity index (χ0n) is 26.0. The maximum absolute atomic E-state index is 12.0. The molecule has 4 saturated carbocycles. The maximum atomic E-state index is 12.0. The molecule has 4 aliphatic carbocycles. The van der Waals surface area contributed by atoms with Gasteiger partial charge in [-0.05, 0) is 128 Å². The van der Waals surface area contributed by atoms with Crippen molar-refractivity contribution in [1.29, 1.82) is 0 Å². The number of rotatable bonds is 10. The normalized spacial score (nSPS) is 39.0. The predicted octanol–water partition coefficient (Wildman–Crippen LogP) is 7.98. The number of hydrogen-bond acceptors (Lipinski definition) is 3. The molecule has 0 aliphatic heterocycles. The molecule has 0 spiro atoms. The first-order valence-corrected chi connectivity index (χ1v) is 17.1. The van der Waals surface area contributed by atoms with Crippen molar-refractivity contribution in [2.45, 2.75) is 110 Å². The fourth-order valence-corrected chi connectivity index (χ4v) is 10.8. The standard InChI is InChI=1S/C38H56N2O/c1-27(11-10-22-39-25-28-12-6-4-7-13-28)33-18-19-34-32-17-16-30-23-31(40-26-29-14-8-5-9-15-29)20-21-37(30,2)35(32)24-36(41)38(33,34)3/h4-9,12-15,27,30-36,39-41H,10-11,16-26H2,1-3H3/t27-,30-,31+,32+,33-,34+,35+,36+,37+,38-/m1/s1. The van der Waals surface area contributed by atoms with Crippen LogP contribution < -0.4 is 10.6 Å². The molecule has 0 aromatic heterocycles. The SMILES string of the molecule is C[C@H](CCCNCc1ccccc1)[C@H]1CC[C@H]2[C@@H]3CC[C@@H]4C[C@@H](NCc5ccccc5)CC[C@]4(C)[C@H]3C[C@H](O)[C@]12C. The highest BCUT2D eigenvalue weighted by molar-refractivity contribution is 5.16. The third kappa shape index (κ3) is 5.80. The van der Waals surface area contributed by atoms with E-state index >= 15 is 0 Å². The van der Waals surface area contributed by atoms with Gasteiger partial charge in [-0.25, -0.2) is 0 Å². The van der Waals surface area contributed by atoms with Crippen LogP contribution in [0.1, 0.15) is 96.1 Å². The van der Waals surface area contributed by atoms with E-state index in [0.29, 0.717) is 35.1 Å². The largest absolute Gasteiger partial charge is 0.393 e. The second-order valence-corrected chi connectivity index (χ2v) is 15.1. The molecule has 10 atom stereocenters. The summed E-state index contributed by atoms with van der Waals surface area (Å²) in [7, 11) is 0. The molecule has 3 N–H and O–H groups in total. The number of aliphatic hydroxyl groups excluding tert-OH is 1. The van der Waals surface area contributed by atoms with E-state index in [0.717, 1.165) is 37.9 Å². The lowest BCUT2D eigenvalue weighted by atomic mass is 9.43. The fourth-order valence-electron chi connectivity index (χ4n) is 10.8. The molecule has 3 nitrogen and oxygen atoms in total. The number of nitrogens with one attached hydrogen (secondary N) is 2. The maximum Gasteiger partial charge on any atom is 0.0602 e. The summed E-state index contributed by atoms with van der Waals surface area (Å²) in [5, 5.41) is 19.5. The van der Waals surface area contributed by atoms with Gasteiger partial charge in [-0.3, -0.25) is 0 Å². The Kier molecular flexibility index (Phi) is 8.97. The van der Waals surface area contributed by atoms with Crippen LogP contribution in [0.15, 0.2) is 60.7 Å². The molecule has 0 heterocycles. The second-order valence-electron chi connectivity index (χ2n) is 15.1. The number of hydrogen-bond donors (Lipinski definition) is 3.